The zero-order valence-corrected chi connectivity index (χ0v) is 13.7. The van der Waals surface area contributed by atoms with Gasteiger partial charge in [-0.2, -0.15) is 0 Å². The van der Waals surface area contributed by atoms with Gasteiger partial charge in [0.25, 0.3) is 5.56 Å². The lowest BCUT2D eigenvalue weighted by molar-refractivity contribution is 0.0692. The Bertz CT molecular complexity index is 1010. The van der Waals surface area contributed by atoms with E-state index in [2.05, 4.69) is 5.32 Å². The summed E-state index contributed by atoms with van der Waals surface area (Å²) in [5.41, 5.74) is 1.25. The van der Waals surface area contributed by atoms with Crippen molar-refractivity contribution in [2.75, 3.05) is 5.32 Å². The number of carboxylic acids is 1. The second kappa shape index (κ2) is 6.27. The van der Waals surface area contributed by atoms with Crippen LogP contribution in [-0.4, -0.2) is 20.4 Å². The van der Waals surface area contributed by atoms with Crippen LogP contribution in [-0.2, 0) is 7.05 Å². The summed E-state index contributed by atoms with van der Waals surface area (Å²) in [6, 6.07) is 12.7. The minimum absolute atomic E-state index is 0.285. The molecular weight excluding hydrogens is 325 g/mol. The Morgan fingerprint density at radius 3 is 2.48 bits per heavy atom. The van der Waals surface area contributed by atoms with Crippen LogP contribution in [0.25, 0.3) is 5.69 Å². The molecule has 0 unspecified atom stereocenters. The topological polar surface area (TPSA) is 76.3 Å². The molecule has 6 nitrogen and oxygen atoms in total. The van der Waals surface area contributed by atoms with Gasteiger partial charge >= 0.3 is 5.97 Å². The molecular formula is C18H16FN3O3. The Hall–Kier alpha value is -3.35. The van der Waals surface area contributed by atoms with E-state index in [0.717, 1.165) is 12.1 Å². The molecule has 3 rings (SSSR count). The lowest BCUT2D eigenvalue weighted by Crippen LogP contribution is -2.20. The van der Waals surface area contributed by atoms with Gasteiger partial charge in [-0.15, -0.1) is 0 Å². The minimum atomic E-state index is -1.37. The number of aromatic nitrogens is 2. The van der Waals surface area contributed by atoms with Crippen LogP contribution in [0, 0.1) is 12.7 Å². The first kappa shape index (κ1) is 16.5. The molecule has 0 aliphatic rings. The fourth-order valence-corrected chi connectivity index (χ4v) is 2.62. The molecule has 0 spiro atoms. The van der Waals surface area contributed by atoms with Gasteiger partial charge in [-0.25, -0.2) is 13.9 Å². The van der Waals surface area contributed by atoms with Crippen molar-refractivity contribution < 1.29 is 14.3 Å². The van der Waals surface area contributed by atoms with Crippen molar-refractivity contribution in [2.45, 2.75) is 6.92 Å². The molecule has 25 heavy (non-hydrogen) atoms. The number of nitrogens with one attached hydrogen (secondary N) is 1. The largest absolute Gasteiger partial charge is 0.478 e. The quantitative estimate of drug-likeness (QED) is 0.765. The number of para-hydroxylation sites is 1. The number of rotatable bonds is 4. The zero-order valence-electron chi connectivity index (χ0n) is 13.7. The smallest absolute Gasteiger partial charge is 0.338 e. The average Bonchev–Trinajstić information content (AvgIpc) is 2.80. The number of hydrogen-bond donors (Lipinski definition) is 2. The van der Waals surface area contributed by atoms with Gasteiger partial charge in [0.05, 0.1) is 16.9 Å². The summed E-state index contributed by atoms with van der Waals surface area (Å²) in [5.74, 6) is -2.20. The molecule has 128 valence electrons. The summed E-state index contributed by atoms with van der Waals surface area (Å²) >= 11 is 0. The van der Waals surface area contributed by atoms with Crippen molar-refractivity contribution in [3.8, 4) is 5.69 Å². The van der Waals surface area contributed by atoms with Gasteiger partial charge < -0.3 is 10.4 Å². The predicted molar refractivity (Wildman–Crippen MR) is 92.4 cm³/mol. The van der Waals surface area contributed by atoms with E-state index in [-0.39, 0.29) is 5.56 Å². The highest BCUT2D eigenvalue weighted by Crippen LogP contribution is 2.21. The van der Waals surface area contributed by atoms with Crippen LogP contribution < -0.4 is 10.9 Å². The second-order valence-corrected chi connectivity index (χ2v) is 5.56. The van der Waals surface area contributed by atoms with Crippen LogP contribution in [0.15, 0.2) is 53.3 Å². The molecule has 0 radical (unpaired) electrons. The number of anilines is 2. The number of carbonyl (C=O) groups is 1. The Morgan fingerprint density at radius 2 is 1.84 bits per heavy atom. The summed E-state index contributed by atoms with van der Waals surface area (Å²) in [7, 11) is 1.75. The number of aromatic carboxylic acids is 1. The Labute approximate surface area is 142 Å². The summed E-state index contributed by atoms with van der Waals surface area (Å²) in [6.45, 7) is 1.77. The molecule has 1 heterocycles. The maximum Gasteiger partial charge on any atom is 0.338 e. The van der Waals surface area contributed by atoms with Crippen LogP contribution in [0.3, 0.4) is 0 Å². The second-order valence-electron chi connectivity index (χ2n) is 5.56. The van der Waals surface area contributed by atoms with E-state index in [1.165, 1.54) is 10.7 Å². The molecule has 0 fully saturated rings. The summed E-state index contributed by atoms with van der Waals surface area (Å²) in [6.07, 6.45) is 0. The molecule has 1 aromatic heterocycles. The fraction of sp³-hybridized carbons (Fsp3) is 0.111. The van der Waals surface area contributed by atoms with Gasteiger partial charge in [-0.3, -0.25) is 9.48 Å². The molecule has 0 atom stereocenters. The third-order valence-electron chi connectivity index (χ3n) is 4.02. The van der Waals surface area contributed by atoms with Crippen LogP contribution >= 0.6 is 0 Å². The normalized spacial score (nSPS) is 10.7. The third-order valence-corrected chi connectivity index (χ3v) is 4.02. The minimum Gasteiger partial charge on any atom is -0.478 e. The highest BCUT2D eigenvalue weighted by atomic mass is 19.1. The zero-order chi connectivity index (χ0) is 18.1. The molecule has 2 N–H and O–H groups in total. The number of hydrogen-bond acceptors (Lipinski definition) is 3. The van der Waals surface area contributed by atoms with E-state index in [1.54, 1.807) is 18.7 Å². The van der Waals surface area contributed by atoms with Crippen molar-refractivity contribution in [3.05, 3.63) is 76.0 Å². The van der Waals surface area contributed by atoms with E-state index in [4.69, 9.17) is 5.11 Å². The lowest BCUT2D eigenvalue weighted by Gasteiger charge is -2.07. The van der Waals surface area contributed by atoms with Crippen LogP contribution in [0.4, 0.5) is 15.8 Å². The molecule has 7 heteroatoms. The van der Waals surface area contributed by atoms with Gasteiger partial charge in [-0.05, 0) is 37.3 Å². The lowest BCUT2D eigenvalue weighted by atomic mass is 10.2. The number of carboxylic acid groups (broad SMARTS) is 1. The molecule has 0 saturated heterocycles. The van der Waals surface area contributed by atoms with Crippen molar-refractivity contribution in [1.82, 2.24) is 9.36 Å². The highest BCUT2D eigenvalue weighted by Gasteiger charge is 2.17. The Balaban J connectivity index is 2.07. The van der Waals surface area contributed by atoms with Crippen molar-refractivity contribution in [1.29, 1.82) is 0 Å². The first-order valence-electron chi connectivity index (χ1n) is 7.54. The van der Waals surface area contributed by atoms with Gasteiger partial charge in [0.15, 0.2) is 0 Å². The van der Waals surface area contributed by atoms with Crippen molar-refractivity contribution in [3.63, 3.8) is 0 Å². The van der Waals surface area contributed by atoms with E-state index in [1.807, 2.05) is 30.3 Å². The Morgan fingerprint density at radius 1 is 1.16 bits per heavy atom. The van der Waals surface area contributed by atoms with Gasteiger partial charge in [-0.1, -0.05) is 18.2 Å². The SMILES string of the molecule is Cc1c(Nc2ccc(F)c(C(=O)O)c2)c(=O)n(-c2ccccc2)n1C. The molecule has 0 aliphatic carbocycles. The number of nitrogens with zero attached hydrogens (tertiary/aromatic N) is 2. The van der Waals surface area contributed by atoms with E-state index >= 15 is 0 Å². The average molecular weight is 341 g/mol. The van der Waals surface area contributed by atoms with Gasteiger partial charge in [0, 0.05) is 12.7 Å². The molecule has 0 bridgehead atoms. The number of benzene rings is 2. The molecule has 0 amide bonds. The van der Waals surface area contributed by atoms with Crippen LogP contribution in [0.2, 0.25) is 0 Å². The summed E-state index contributed by atoms with van der Waals surface area (Å²) in [5, 5.41) is 11.9. The van der Waals surface area contributed by atoms with Crippen molar-refractivity contribution in [2.24, 2.45) is 7.05 Å². The van der Waals surface area contributed by atoms with Crippen LogP contribution in [0.5, 0.6) is 0 Å². The first-order chi connectivity index (χ1) is 11.9. The standard InChI is InChI=1S/C18H16FN3O3/c1-11-16(20-12-8-9-15(19)14(10-12)18(24)25)17(23)22(21(11)2)13-6-4-3-5-7-13/h3-10,20H,1-2H3,(H,24,25). The monoisotopic (exact) mass is 341 g/mol. The summed E-state index contributed by atoms with van der Waals surface area (Å²) < 4.78 is 16.7. The summed E-state index contributed by atoms with van der Waals surface area (Å²) in [4.78, 5) is 23.9. The van der Waals surface area contributed by atoms with Crippen molar-refractivity contribution >= 4 is 17.3 Å². The predicted octanol–water partition coefficient (Wildman–Crippen LogP) is 3.07. The molecule has 2 aromatic carbocycles. The molecule has 3 aromatic rings. The molecule has 0 aliphatic heterocycles. The highest BCUT2D eigenvalue weighted by molar-refractivity contribution is 5.89. The van der Waals surface area contributed by atoms with E-state index in [0.29, 0.717) is 22.8 Å². The maximum absolute atomic E-state index is 13.5. The van der Waals surface area contributed by atoms with E-state index in [9.17, 15) is 14.0 Å². The Kier molecular flexibility index (Phi) is 4.14. The maximum atomic E-state index is 13.5. The van der Waals surface area contributed by atoms with Gasteiger partial charge in [0.1, 0.15) is 11.5 Å². The van der Waals surface area contributed by atoms with E-state index < -0.39 is 17.3 Å². The third kappa shape index (κ3) is 2.91. The molecule has 0 saturated carbocycles. The first-order valence-corrected chi connectivity index (χ1v) is 7.54. The number of halogens is 1. The van der Waals surface area contributed by atoms with Gasteiger partial charge in [0.2, 0.25) is 0 Å². The fourth-order valence-electron chi connectivity index (χ4n) is 2.62. The van der Waals surface area contributed by atoms with Crippen LogP contribution in [0.1, 0.15) is 16.1 Å².